The molecule has 192 valence electrons. The van der Waals surface area contributed by atoms with Crippen LogP contribution in [0.3, 0.4) is 0 Å². The van der Waals surface area contributed by atoms with Crippen LogP contribution in [-0.2, 0) is 9.59 Å². The van der Waals surface area contributed by atoms with Crippen molar-refractivity contribution in [1.82, 2.24) is 20.5 Å². The molecular weight excluding hydrogens is 468 g/mol. The van der Waals surface area contributed by atoms with Gasteiger partial charge >= 0.3 is 0 Å². The summed E-state index contributed by atoms with van der Waals surface area (Å²) in [7, 11) is 1.65. The molecule has 2 aromatic rings. The maximum Gasteiger partial charge on any atom is 0.241 e. The van der Waals surface area contributed by atoms with Crippen LogP contribution < -0.4 is 15.4 Å². The number of hydrogen-bond acceptors (Lipinski definition) is 7. The minimum Gasteiger partial charge on any atom is -0.490 e. The minimum atomic E-state index is -0.517. The number of rotatable bonds is 9. The average Bonchev–Trinajstić information content (AvgIpc) is 2.94. The number of hydrogen-bond donors (Lipinski definition) is 3. The van der Waals surface area contributed by atoms with E-state index in [0.717, 1.165) is 28.5 Å². The zero-order chi connectivity index (χ0) is 26.2. The van der Waals surface area contributed by atoms with Gasteiger partial charge in [-0.3, -0.25) is 14.6 Å². The second kappa shape index (κ2) is 12.3. The molecule has 3 N–H and O–H groups in total. The van der Waals surface area contributed by atoms with Crippen LogP contribution in [0.15, 0.2) is 54.4 Å². The van der Waals surface area contributed by atoms with E-state index in [1.807, 2.05) is 30.5 Å². The quantitative estimate of drug-likeness (QED) is 0.454. The van der Waals surface area contributed by atoms with E-state index in [1.54, 1.807) is 18.1 Å². The van der Waals surface area contributed by atoms with Crippen LogP contribution in [0.25, 0.3) is 10.8 Å². The van der Waals surface area contributed by atoms with Crippen LogP contribution in [0.5, 0.6) is 5.75 Å². The van der Waals surface area contributed by atoms with Crippen molar-refractivity contribution >= 4 is 28.8 Å². The number of nitrogens with zero attached hydrogens (tertiary/aromatic N) is 3. The number of carbonyl (C=O) groups excluding carboxylic acids is 2. The fraction of sp³-hybridized carbons (Fsp3) is 0.393. The summed E-state index contributed by atoms with van der Waals surface area (Å²) in [4.78, 5) is 30.9. The number of allylic oxidation sites excluding steroid dienone is 4. The molecule has 0 radical (unpaired) electrons. The Balaban J connectivity index is 1.38. The largest absolute Gasteiger partial charge is 0.490 e. The number of piperidine rings is 1. The highest BCUT2D eigenvalue weighted by atomic mass is 16.5. The Hall–Kier alpha value is -4.03. The van der Waals surface area contributed by atoms with Gasteiger partial charge in [0.15, 0.2) is 0 Å². The van der Waals surface area contributed by atoms with E-state index in [0.29, 0.717) is 31.5 Å². The van der Waals surface area contributed by atoms with Crippen molar-refractivity contribution in [3.05, 3.63) is 60.0 Å². The molecule has 1 aromatic carbocycles. The number of likely N-dealkylation sites (N-methyl/N-ethyl adjacent to an activating group) is 1. The molecule has 2 heterocycles. The van der Waals surface area contributed by atoms with Crippen LogP contribution in [0.2, 0.25) is 0 Å². The van der Waals surface area contributed by atoms with Crippen molar-refractivity contribution in [3.63, 3.8) is 0 Å². The van der Waals surface area contributed by atoms with E-state index in [4.69, 9.17) is 10.1 Å². The lowest BCUT2D eigenvalue weighted by molar-refractivity contribution is -0.134. The molecule has 2 aliphatic rings. The first-order valence-corrected chi connectivity index (χ1v) is 12.6. The van der Waals surface area contributed by atoms with Crippen LogP contribution in [-0.4, -0.2) is 66.7 Å². The third-order valence-corrected chi connectivity index (χ3v) is 6.89. The van der Waals surface area contributed by atoms with Crippen molar-refractivity contribution in [1.29, 1.82) is 10.7 Å². The van der Waals surface area contributed by atoms with E-state index in [9.17, 15) is 14.9 Å². The molecule has 1 saturated heterocycles. The molecule has 9 nitrogen and oxygen atoms in total. The van der Waals surface area contributed by atoms with E-state index in [-0.39, 0.29) is 36.8 Å². The third-order valence-electron chi connectivity index (χ3n) is 6.89. The number of nitriles is 1. The highest BCUT2D eigenvalue weighted by Gasteiger charge is 2.26. The Kier molecular flexibility index (Phi) is 8.64. The Labute approximate surface area is 216 Å². The lowest BCUT2D eigenvalue weighted by Gasteiger charge is -2.32. The highest BCUT2D eigenvalue weighted by Crippen LogP contribution is 2.35. The molecule has 2 amide bonds. The third kappa shape index (κ3) is 6.40. The number of amides is 2. The molecule has 9 heteroatoms. The fourth-order valence-corrected chi connectivity index (χ4v) is 4.76. The first kappa shape index (κ1) is 26.0. The maximum atomic E-state index is 12.6. The molecule has 1 aliphatic heterocycles. The Morgan fingerprint density at radius 2 is 2.16 bits per heavy atom. The Morgan fingerprint density at radius 3 is 2.89 bits per heavy atom. The molecule has 0 bridgehead atoms. The van der Waals surface area contributed by atoms with Gasteiger partial charge in [0.25, 0.3) is 0 Å². The minimum absolute atomic E-state index is 0.0463. The number of aromatic nitrogens is 1. The number of nitrogens with one attached hydrogen (secondary N) is 3. The van der Waals surface area contributed by atoms with Crippen molar-refractivity contribution in [2.24, 2.45) is 0 Å². The molecule has 2 atom stereocenters. The second-order valence-corrected chi connectivity index (χ2v) is 9.29. The Morgan fingerprint density at radius 1 is 1.35 bits per heavy atom. The normalized spacial score (nSPS) is 18.5. The van der Waals surface area contributed by atoms with Crippen molar-refractivity contribution in [2.75, 3.05) is 26.7 Å². The van der Waals surface area contributed by atoms with E-state index < -0.39 is 6.04 Å². The zero-order valence-corrected chi connectivity index (χ0v) is 20.9. The van der Waals surface area contributed by atoms with Gasteiger partial charge in [-0.25, -0.2) is 0 Å². The molecule has 1 fully saturated rings. The van der Waals surface area contributed by atoms with Gasteiger partial charge in [0.2, 0.25) is 11.8 Å². The molecule has 1 aliphatic carbocycles. The summed E-state index contributed by atoms with van der Waals surface area (Å²) >= 11 is 0. The lowest BCUT2D eigenvalue weighted by atomic mass is 9.88. The van der Waals surface area contributed by atoms with Gasteiger partial charge in [-0.1, -0.05) is 18.2 Å². The molecule has 0 saturated carbocycles. The van der Waals surface area contributed by atoms with E-state index in [1.165, 1.54) is 6.21 Å². The number of benzene rings is 1. The fourth-order valence-electron chi connectivity index (χ4n) is 4.76. The first-order chi connectivity index (χ1) is 18.0. The lowest BCUT2D eigenvalue weighted by Crippen LogP contribution is -2.49. The second-order valence-electron chi connectivity index (χ2n) is 9.29. The monoisotopic (exact) mass is 500 g/mol. The number of pyridine rings is 1. The van der Waals surface area contributed by atoms with Gasteiger partial charge in [-0.15, -0.1) is 0 Å². The predicted molar refractivity (Wildman–Crippen MR) is 141 cm³/mol. The van der Waals surface area contributed by atoms with Crippen LogP contribution in [0.4, 0.5) is 0 Å². The standard InChI is InChI=1S/C28H32N6O3/c1-31-25(5-9-29)28(36)33-18-27(35)34-11-7-23(8-12-34)37-26-15-22(14-21-6-10-32-17-24(21)26)20-4-2-3-19(13-20)16-30/h2-3,6,9-10,13-15,17,20,23,25,29,31H,4-5,7-8,11-12,18H2,1H3,(H,33,36). The molecule has 37 heavy (non-hydrogen) atoms. The number of ether oxygens (including phenoxy) is 1. The summed E-state index contributed by atoms with van der Waals surface area (Å²) in [5.74, 6) is 0.459. The van der Waals surface area contributed by atoms with E-state index >= 15 is 0 Å². The molecule has 2 unspecified atom stereocenters. The van der Waals surface area contributed by atoms with Crippen molar-refractivity contribution in [2.45, 2.75) is 43.7 Å². The number of likely N-dealkylation sites (tertiary alicyclic amines) is 1. The van der Waals surface area contributed by atoms with Crippen molar-refractivity contribution < 1.29 is 14.3 Å². The van der Waals surface area contributed by atoms with Gasteiger partial charge in [-0.05, 0) is 48.8 Å². The van der Waals surface area contributed by atoms with Crippen LogP contribution in [0, 0.1) is 16.7 Å². The Bertz CT molecular complexity index is 1260. The summed E-state index contributed by atoms with van der Waals surface area (Å²) in [5, 5.41) is 24.0. The average molecular weight is 501 g/mol. The summed E-state index contributed by atoms with van der Waals surface area (Å²) in [6, 6.07) is 7.87. The van der Waals surface area contributed by atoms with Gasteiger partial charge in [0, 0.05) is 61.6 Å². The summed E-state index contributed by atoms with van der Waals surface area (Å²) < 4.78 is 6.47. The number of carbonyl (C=O) groups is 2. The van der Waals surface area contributed by atoms with Crippen LogP contribution >= 0.6 is 0 Å². The SMILES string of the molecule is CNC(CC=N)C(=O)NCC(=O)N1CCC(Oc2cc(C3C=C(C#N)C=CC3)cc3ccncc23)CC1. The van der Waals surface area contributed by atoms with Gasteiger partial charge in [-0.2, -0.15) is 5.26 Å². The molecule has 0 spiro atoms. The topological polar surface area (TPSA) is 131 Å². The molecular formula is C28H32N6O3. The summed E-state index contributed by atoms with van der Waals surface area (Å²) in [5.41, 5.74) is 1.76. The summed E-state index contributed by atoms with van der Waals surface area (Å²) in [6.45, 7) is 1.03. The van der Waals surface area contributed by atoms with Gasteiger partial charge < -0.3 is 25.7 Å². The first-order valence-electron chi connectivity index (χ1n) is 12.6. The van der Waals surface area contributed by atoms with Crippen LogP contribution in [0.1, 0.15) is 37.2 Å². The molecule has 4 rings (SSSR count). The maximum absolute atomic E-state index is 12.6. The molecule has 1 aromatic heterocycles. The van der Waals surface area contributed by atoms with Gasteiger partial charge in [0.1, 0.15) is 11.9 Å². The van der Waals surface area contributed by atoms with Gasteiger partial charge in [0.05, 0.1) is 18.7 Å². The highest BCUT2D eigenvalue weighted by molar-refractivity contribution is 5.89. The van der Waals surface area contributed by atoms with E-state index in [2.05, 4.69) is 33.8 Å². The summed E-state index contributed by atoms with van der Waals surface area (Å²) in [6.07, 6.45) is 13.1. The predicted octanol–water partition coefficient (Wildman–Crippen LogP) is 2.84. The zero-order valence-electron chi connectivity index (χ0n) is 20.9. The number of fused-ring (bicyclic) bond motifs is 1. The van der Waals surface area contributed by atoms with Crippen molar-refractivity contribution in [3.8, 4) is 11.8 Å². The smallest absolute Gasteiger partial charge is 0.241 e.